The molecule has 1 nitrogen and oxygen atoms in total. The smallest absolute Gasteiger partial charge is 0.203 e. The van der Waals surface area contributed by atoms with E-state index in [4.69, 9.17) is 4.74 Å². The molecule has 94 valence electrons. The van der Waals surface area contributed by atoms with Gasteiger partial charge < -0.3 is 4.74 Å². The van der Waals surface area contributed by atoms with E-state index >= 15 is 0 Å². The molecule has 0 aliphatic heterocycles. The Morgan fingerprint density at radius 3 is 2.39 bits per heavy atom. The number of benzene rings is 2. The van der Waals surface area contributed by atoms with Gasteiger partial charge in [-0.25, -0.2) is 8.78 Å². The lowest BCUT2D eigenvalue weighted by Crippen LogP contribution is -2.01. The molecule has 2 aromatic rings. The van der Waals surface area contributed by atoms with Gasteiger partial charge in [-0.15, -0.1) is 0 Å². The largest absolute Gasteiger partial charge is 0.486 e. The van der Waals surface area contributed by atoms with Crippen LogP contribution in [0.3, 0.4) is 0 Å². The summed E-state index contributed by atoms with van der Waals surface area (Å²) in [5.74, 6) is -4.40. The molecule has 0 N–H and O–H groups in total. The maximum Gasteiger partial charge on any atom is 0.203 e. The van der Waals surface area contributed by atoms with Crippen molar-refractivity contribution in [3.05, 3.63) is 63.9 Å². The molecule has 0 amide bonds. The van der Waals surface area contributed by atoms with Gasteiger partial charge in [0, 0.05) is 10.0 Å². The summed E-state index contributed by atoms with van der Waals surface area (Å²) in [4.78, 5) is 0. The first-order valence-corrected chi connectivity index (χ1v) is 5.88. The standard InChI is InChI=1S/C13H8BrF3O/c14-9-4-2-1-3-8(9)7-18-11-6-5-10(15)12(16)13(11)17/h1-6H,7H2. The van der Waals surface area contributed by atoms with Gasteiger partial charge in [-0.1, -0.05) is 34.1 Å². The first-order valence-electron chi connectivity index (χ1n) is 5.09. The predicted molar refractivity (Wildman–Crippen MR) is 64.8 cm³/mol. The molecule has 0 saturated heterocycles. The van der Waals surface area contributed by atoms with Crippen LogP contribution in [0.4, 0.5) is 13.2 Å². The summed E-state index contributed by atoms with van der Waals surface area (Å²) in [7, 11) is 0. The van der Waals surface area contributed by atoms with Crippen LogP contribution in [-0.4, -0.2) is 0 Å². The van der Waals surface area contributed by atoms with Gasteiger partial charge in [0.1, 0.15) is 6.61 Å². The lowest BCUT2D eigenvalue weighted by molar-refractivity contribution is 0.281. The second-order valence-corrected chi connectivity index (χ2v) is 4.41. The molecule has 0 radical (unpaired) electrons. The second-order valence-electron chi connectivity index (χ2n) is 3.55. The average molecular weight is 317 g/mol. The molecule has 2 aromatic carbocycles. The van der Waals surface area contributed by atoms with Gasteiger partial charge in [0.25, 0.3) is 0 Å². The third-order valence-corrected chi connectivity index (χ3v) is 3.11. The average Bonchev–Trinajstić information content (AvgIpc) is 2.37. The molecule has 0 heterocycles. The summed E-state index contributed by atoms with van der Waals surface area (Å²) < 4.78 is 44.9. The molecular weight excluding hydrogens is 309 g/mol. The van der Waals surface area contributed by atoms with Crippen molar-refractivity contribution >= 4 is 15.9 Å². The Morgan fingerprint density at radius 1 is 0.944 bits per heavy atom. The van der Waals surface area contributed by atoms with E-state index in [0.29, 0.717) is 0 Å². The molecule has 18 heavy (non-hydrogen) atoms. The molecule has 0 unspecified atom stereocenters. The molecule has 0 fully saturated rings. The number of hydrogen-bond donors (Lipinski definition) is 0. The van der Waals surface area contributed by atoms with Crippen LogP contribution in [0.15, 0.2) is 40.9 Å². The number of rotatable bonds is 3. The van der Waals surface area contributed by atoms with Crippen molar-refractivity contribution in [2.45, 2.75) is 6.61 Å². The summed E-state index contributed by atoms with van der Waals surface area (Å²) >= 11 is 3.31. The van der Waals surface area contributed by atoms with Gasteiger partial charge in [0.2, 0.25) is 5.82 Å². The monoisotopic (exact) mass is 316 g/mol. The van der Waals surface area contributed by atoms with E-state index in [1.165, 1.54) is 0 Å². The Hall–Kier alpha value is -1.49. The lowest BCUT2D eigenvalue weighted by atomic mass is 10.2. The van der Waals surface area contributed by atoms with Gasteiger partial charge in [-0.3, -0.25) is 0 Å². The highest BCUT2D eigenvalue weighted by Gasteiger charge is 2.14. The molecular formula is C13H8BrF3O. The van der Waals surface area contributed by atoms with Crippen molar-refractivity contribution in [3.63, 3.8) is 0 Å². The zero-order valence-electron chi connectivity index (χ0n) is 9.09. The minimum atomic E-state index is -1.53. The van der Waals surface area contributed by atoms with Crippen LogP contribution in [0.2, 0.25) is 0 Å². The number of ether oxygens (including phenoxy) is 1. The Balaban J connectivity index is 2.17. The molecule has 0 spiro atoms. The maximum absolute atomic E-state index is 13.3. The van der Waals surface area contributed by atoms with Crippen molar-refractivity contribution in [1.29, 1.82) is 0 Å². The van der Waals surface area contributed by atoms with Gasteiger partial charge in [-0.2, -0.15) is 4.39 Å². The topological polar surface area (TPSA) is 9.23 Å². The summed E-state index contributed by atoms with van der Waals surface area (Å²) in [6, 6.07) is 9.09. The molecule has 0 bridgehead atoms. The van der Waals surface area contributed by atoms with Crippen molar-refractivity contribution < 1.29 is 17.9 Å². The first-order chi connectivity index (χ1) is 8.59. The summed E-state index contributed by atoms with van der Waals surface area (Å²) in [5.41, 5.74) is 0.779. The molecule has 0 aliphatic carbocycles. The van der Waals surface area contributed by atoms with Crippen molar-refractivity contribution in [3.8, 4) is 5.75 Å². The van der Waals surface area contributed by atoms with E-state index in [9.17, 15) is 13.2 Å². The van der Waals surface area contributed by atoms with E-state index in [1.54, 1.807) is 18.2 Å². The summed E-state index contributed by atoms with van der Waals surface area (Å²) in [6.07, 6.45) is 0. The second kappa shape index (κ2) is 5.44. The van der Waals surface area contributed by atoms with Gasteiger partial charge in [0.05, 0.1) is 0 Å². The maximum atomic E-state index is 13.3. The zero-order chi connectivity index (χ0) is 13.1. The minimum absolute atomic E-state index is 0.0589. The fraction of sp³-hybridized carbons (Fsp3) is 0.0769. The molecule has 5 heteroatoms. The van der Waals surface area contributed by atoms with E-state index < -0.39 is 17.5 Å². The highest BCUT2D eigenvalue weighted by Crippen LogP contribution is 2.24. The van der Waals surface area contributed by atoms with Crippen LogP contribution in [0, 0.1) is 17.5 Å². The molecule has 0 aromatic heterocycles. The predicted octanol–water partition coefficient (Wildman–Crippen LogP) is 4.45. The van der Waals surface area contributed by atoms with Crippen LogP contribution < -0.4 is 4.74 Å². The summed E-state index contributed by atoms with van der Waals surface area (Å²) in [5, 5.41) is 0. The summed E-state index contributed by atoms with van der Waals surface area (Å²) in [6.45, 7) is 0.0589. The third kappa shape index (κ3) is 2.67. The Bertz CT molecular complexity index is 572. The van der Waals surface area contributed by atoms with E-state index in [-0.39, 0.29) is 12.4 Å². The first kappa shape index (κ1) is 13.0. The van der Waals surface area contributed by atoms with E-state index in [0.717, 1.165) is 22.2 Å². The van der Waals surface area contributed by atoms with E-state index in [1.807, 2.05) is 6.07 Å². The minimum Gasteiger partial charge on any atom is -0.486 e. The van der Waals surface area contributed by atoms with Crippen molar-refractivity contribution in [2.75, 3.05) is 0 Å². The van der Waals surface area contributed by atoms with Crippen molar-refractivity contribution in [2.24, 2.45) is 0 Å². The molecule has 2 rings (SSSR count). The van der Waals surface area contributed by atoms with Gasteiger partial charge in [0.15, 0.2) is 17.4 Å². The van der Waals surface area contributed by atoms with Crippen LogP contribution in [0.1, 0.15) is 5.56 Å². The normalized spacial score (nSPS) is 10.4. The van der Waals surface area contributed by atoms with Crippen LogP contribution in [-0.2, 0) is 6.61 Å². The Labute approximate surface area is 110 Å². The Kier molecular flexibility index (Phi) is 3.91. The molecule has 0 atom stereocenters. The number of halogens is 4. The molecule has 0 saturated carbocycles. The highest BCUT2D eigenvalue weighted by atomic mass is 79.9. The highest BCUT2D eigenvalue weighted by molar-refractivity contribution is 9.10. The SMILES string of the molecule is Fc1ccc(OCc2ccccc2Br)c(F)c1F. The lowest BCUT2D eigenvalue weighted by Gasteiger charge is -2.09. The van der Waals surface area contributed by atoms with Crippen LogP contribution >= 0.6 is 15.9 Å². The van der Waals surface area contributed by atoms with E-state index in [2.05, 4.69) is 15.9 Å². The third-order valence-electron chi connectivity index (χ3n) is 2.34. The quantitative estimate of drug-likeness (QED) is 0.760. The van der Waals surface area contributed by atoms with Crippen molar-refractivity contribution in [1.82, 2.24) is 0 Å². The van der Waals surface area contributed by atoms with Gasteiger partial charge in [-0.05, 0) is 18.2 Å². The fourth-order valence-electron chi connectivity index (χ4n) is 1.39. The van der Waals surface area contributed by atoms with Crippen LogP contribution in [0.5, 0.6) is 5.75 Å². The molecule has 0 aliphatic rings. The number of hydrogen-bond acceptors (Lipinski definition) is 1. The zero-order valence-corrected chi connectivity index (χ0v) is 10.7. The van der Waals surface area contributed by atoms with Crippen LogP contribution in [0.25, 0.3) is 0 Å². The van der Waals surface area contributed by atoms with Gasteiger partial charge >= 0.3 is 0 Å². The fourth-order valence-corrected chi connectivity index (χ4v) is 1.79. The Morgan fingerprint density at radius 2 is 1.67 bits per heavy atom.